The summed E-state index contributed by atoms with van der Waals surface area (Å²) in [4.78, 5) is 14.1. The zero-order valence-electron chi connectivity index (χ0n) is 13.6. The molecule has 2 heterocycles. The third-order valence-electron chi connectivity index (χ3n) is 4.27. The molecule has 6 heteroatoms. The summed E-state index contributed by atoms with van der Waals surface area (Å²) in [7, 11) is 3.88. The molecule has 2 aromatic heterocycles. The molecule has 5 nitrogen and oxygen atoms in total. The van der Waals surface area contributed by atoms with Crippen LogP contribution in [0.25, 0.3) is 33.3 Å². The first-order valence-corrected chi connectivity index (χ1v) is 8.44. The van der Waals surface area contributed by atoms with Gasteiger partial charge in [0.1, 0.15) is 0 Å². The van der Waals surface area contributed by atoms with E-state index in [9.17, 15) is 0 Å². The third-order valence-corrected chi connectivity index (χ3v) is 4.80. The molecule has 120 valence electrons. The average Bonchev–Trinajstić information content (AvgIpc) is 2.91. The SMILES string of the molecule is CNc1nc2cc3nc(-c4ccc(Br)cc4)cnc3c(C)c2n1C. The van der Waals surface area contributed by atoms with E-state index in [1.807, 2.05) is 50.6 Å². The second-order valence-corrected chi connectivity index (χ2v) is 6.66. The lowest BCUT2D eigenvalue weighted by Gasteiger charge is -2.07. The van der Waals surface area contributed by atoms with Gasteiger partial charge in [0.15, 0.2) is 0 Å². The van der Waals surface area contributed by atoms with Gasteiger partial charge in [0.2, 0.25) is 5.95 Å². The number of rotatable bonds is 2. The van der Waals surface area contributed by atoms with Gasteiger partial charge in [-0.15, -0.1) is 0 Å². The van der Waals surface area contributed by atoms with E-state index in [-0.39, 0.29) is 0 Å². The summed E-state index contributed by atoms with van der Waals surface area (Å²) in [6.45, 7) is 2.07. The number of imidazole rings is 1. The van der Waals surface area contributed by atoms with E-state index in [0.29, 0.717) is 0 Å². The van der Waals surface area contributed by atoms with Crippen molar-refractivity contribution in [3.63, 3.8) is 0 Å². The minimum Gasteiger partial charge on any atom is -0.359 e. The Kier molecular flexibility index (Phi) is 3.49. The quantitative estimate of drug-likeness (QED) is 0.562. The van der Waals surface area contributed by atoms with E-state index in [4.69, 9.17) is 4.98 Å². The average molecular weight is 382 g/mol. The number of hydrogen-bond acceptors (Lipinski definition) is 4. The van der Waals surface area contributed by atoms with Crippen molar-refractivity contribution in [3.8, 4) is 11.3 Å². The van der Waals surface area contributed by atoms with Crippen LogP contribution in [0.3, 0.4) is 0 Å². The molecule has 0 atom stereocenters. The van der Waals surface area contributed by atoms with Gasteiger partial charge in [0, 0.05) is 29.7 Å². The number of halogens is 1. The highest BCUT2D eigenvalue weighted by atomic mass is 79.9. The van der Waals surface area contributed by atoms with Crippen molar-refractivity contribution >= 4 is 43.9 Å². The summed E-state index contributed by atoms with van der Waals surface area (Å²) < 4.78 is 3.10. The molecule has 0 aliphatic rings. The fourth-order valence-corrected chi connectivity index (χ4v) is 3.35. The predicted octanol–water partition coefficient (Wildman–Crippen LogP) is 4.30. The second-order valence-electron chi connectivity index (χ2n) is 5.74. The van der Waals surface area contributed by atoms with E-state index < -0.39 is 0 Å². The first kappa shape index (κ1) is 15.1. The van der Waals surface area contributed by atoms with Crippen LogP contribution in [-0.4, -0.2) is 26.6 Å². The fourth-order valence-electron chi connectivity index (χ4n) is 3.08. The minimum atomic E-state index is 0.830. The number of hydrogen-bond donors (Lipinski definition) is 1. The molecule has 0 fully saturated rings. The highest BCUT2D eigenvalue weighted by Gasteiger charge is 2.14. The Morgan fingerprint density at radius 3 is 2.54 bits per heavy atom. The van der Waals surface area contributed by atoms with Crippen LogP contribution in [0.2, 0.25) is 0 Å². The molecule has 0 saturated carbocycles. The third kappa shape index (κ3) is 2.26. The first-order valence-electron chi connectivity index (χ1n) is 7.65. The molecule has 0 aliphatic heterocycles. The maximum Gasteiger partial charge on any atom is 0.203 e. The molecule has 0 bridgehead atoms. The van der Waals surface area contributed by atoms with Crippen LogP contribution in [0.1, 0.15) is 5.56 Å². The van der Waals surface area contributed by atoms with Crippen LogP contribution in [-0.2, 0) is 7.05 Å². The van der Waals surface area contributed by atoms with Crippen LogP contribution in [0.4, 0.5) is 5.95 Å². The number of aryl methyl sites for hydroxylation is 2. The van der Waals surface area contributed by atoms with Crippen molar-refractivity contribution < 1.29 is 0 Å². The second kappa shape index (κ2) is 5.56. The molecule has 4 rings (SSSR count). The molecular weight excluding hydrogens is 366 g/mol. The van der Waals surface area contributed by atoms with Crippen molar-refractivity contribution in [2.45, 2.75) is 6.92 Å². The van der Waals surface area contributed by atoms with Gasteiger partial charge in [-0.2, -0.15) is 0 Å². The fraction of sp³-hybridized carbons (Fsp3) is 0.167. The van der Waals surface area contributed by atoms with Crippen molar-refractivity contribution in [3.05, 3.63) is 46.6 Å². The summed E-state index contributed by atoms with van der Waals surface area (Å²) >= 11 is 3.46. The Bertz CT molecular complexity index is 1070. The zero-order chi connectivity index (χ0) is 16.8. The van der Waals surface area contributed by atoms with Crippen LogP contribution in [0, 0.1) is 6.92 Å². The Morgan fingerprint density at radius 2 is 1.83 bits per heavy atom. The Hall–Kier alpha value is -2.47. The monoisotopic (exact) mass is 381 g/mol. The van der Waals surface area contributed by atoms with Crippen LogP contribution >= 0.6 is 15.9 Å². The standard InChI is InChI=1S/C18H16BrN5/c1-10-16-13(8-14-17(10)24(3)18(20-2)23-14)22-15(9-21-16)11-4-6-12(19)7-5-11/h4-9H,1-3H3,(H,20,23). The lowest BCUT2D eigenvalue weighted by Crippen LogP contribution is -1.99. The smallest absolute Gasteiger partial charge is 0.203 e. The summed E-state index contributed by atoms with van der Waals surface area (Å²) in [6, 6.07) is 10.1. The Morgan fingerprint density at radius 1 is 1.08 bits per heavy atom. The highest BCUT2D eigenvalue weighted by Crippen LogP contribution is 2.29. The van der Waals surface area contributed by atoms with E-state index in [1.54, 1.807) is 0 Å². The molecule has 24 heavy (non-hydrogen) atoms. The number of benzene rings is 2. The molecule has 1 N–H and O–H groups in total. The largest absolute Gasteiger partial charge is 0.359 e. The summed E-state index contributed by atoms with van der Waals surface area (Å²) in [5, 5.41) is 3.12. The summed E-state index contributed by atoms with van der Waals surface area (Å²) in [5.74, 6) is 0.830. The number of anilines is 1. The summed E-state index contributed by atoms with van der Waals surface area (Å²) in [5.41, 5.74) is 6.77. The van der Waals surface area contributed by atoms with Crippen molar-refractivity contribution in [2.75, 3.05) is 12.4 Å². The van der Waals surface area contributed by atoms with E-state index in [1.165, 1.54) is 0 Å². The Balaban J connectivity index is 1.97. The van der Waals surface area contributed by atoms with Crippen molar-refractivity contribution in [1.29, 1.82) is 0 Å². The van der Waals surface area contributed by atoms with Gasteiger partial charge in [0.05, 0.1) is 34.0 Å². The maximum absolute atomic E-state index is 4.80. The normalized spacial score (nSPS) is 11.3. The predicted molar refractivity (Wildman–Crippen MR) is 101 cm³/mol. The summed E-state index contributed by atoms with van der Waals surface area (Å²) in [6.07, 6.45) is 1.83. The lowest BCUT2D eigenvalue weighted by molar-refractivity contribution is 0.949. The van der Waals surface area contributed by atoms with Crippen LogP contribution in [0.5, 0.6) is 0 Å². The number of aromatic nitrogens is 4. The number of nitrogens with zero attached hydrogens (tertiary/aromatic N) is 4. The molecule has 4 aromatic rings. The maximum atomic E-state index is 4.80. The van der Waals surface area contributed by atoms with Gasteiger partial charge in [-0.25, -0.2) is 9.97 Å². The topological polar surface area (TPSA) is 55.6 Å². The minimum absolute atomic E-state index is 0.830. The van der Waals surface area contributed by atoms with E-state index >= 15 is 0 Å². The molecule has 0 spiro atoms. The van der Waals surface area contributed by atoms with E-state index in [0.717, 1.165) is 49.3 Å². The van der Waals surface area contributed by atoms with Gasteiger partial charge in [-0.1, -0.05) is 28.1 Å². The molecule has 0 radical (unpaired) electrons. The van der Waals surface area contributed by atoms with Crippen LogP contribution < -0.4 is 5.32 Å². The van der Waals surface area contributed by atoms with Gasteiger partial charge in [0.25, 0.3) is 0 Å². The van der Waals surface area contributed by atoms with Crippen molar-refractivity contribution in [1.82, 2.24) is 19.5 Å². The molecule has 0 saturated heterocycles. The molecule has 0 amide bonds. The van der Waals surface area contributed by atoms with Gasteiger partial charge in [-0.3, -0.25) is 4.98 Å². The van der Waals surface area contributed by atoms with Crippen molar-refractivity contribution in [2.24, 2.45) is 7.05 Å². The van der Waals surface area contributed by atoms with Crippen LogP contribution in [0.15, 0.2) is 41.0 Å². The number of nitrogens with one attached hydrogen (secondary N) is 1. The zero-order valence-corrected chi connectivity index (χ0v) is 15.2. The van der Waals surface area contributed by atoms with E-state index in [2.05, 4.69) is 42.7 Å². The number of fused-ring (bicyclic) bond motifs is 2. The lowest BCUT2D eigenvalue weighted by atomic mass is 10.1. The highest BCUT2D eigenvalue weighted by molar-refractivity contribution is 9.10. The van der Waals surface area contributed by atoms with Gasteiger partial charge >= 0.3 is 0 Å². The van der Waals surface area contributed by atoms with Gasteiger partial charge in [-0.05, 0) is 25.1 Å². The Labute approximate surface area is 147 Å². The molecule has 0 aliphatic carbocycles. The molecule has 2 aromatic carbocycles. The van der Waals surface area contributed by atoms with Gasteiger partial charge < -0.3 is 9.88 Å². The molecular formula is C18H16BrN5. The molecule has 0 unspecified atom stereocenters. The first-order chi connectivity index (χ1) is 11.6.